The number of pyridine rings is 1. The van der Waals surface area contributed by atoms with Gasteiger partial charge in [0.15, 0.2) is 11.4 Å². The molecular weight excluding hydrogens is 409 g/mol. The standard InChI is InChI=1S/C24H30FN5O2/c1-28(2)14-19-4-3-5-23(26-19)31-16-17-6-8-20-15-30(11-10-29(20)13-17)24-21-12-18(25)7-9-22(21)32-27-24/h3-5,7,9,12,17,20H,6,8,10-11,13-16H2,1-2H3. The van der Waals surface area contributed by atoms with Crippen molar-refractivity contribution >= 4 is 16.8 Å². The summed E-state index contributed by atoms with van der Waals surface area (Å²) in [6.07, 6.45) is 2.24. The van der Waals surface area contributed by atoms with E-state index in [0.29, 0.717) is 30.0 Å². The summed E-state index contributed by atoms with van der Waals surface area (Å²) >= 11 is 0. The van der Waals surface area contributed by atoms with E-state index in [1.54, 1.807) is 6.07 Å². The number of ether oxygens (including phenoxy) is 1. The third-order valence-corrected chi connectivity index (χ3v) is 6.44. The summed E-state index contributed by atoms with van der Waals surface area (Å²) in [5, 5.41) is 4.99. The summed E-state index contributed by atoms with van der Waals surface area (Å²) < 4.78 is 25.2. The Bertz CT molecular complexity index is 1070. The zero-order valence-corrected chi connectivity index (χ0v) is 18.7. The summed E-state index contributed by atoms with van der Waals surface area (Å²) in [5.41, 5.74) is 1.65. The Hall–Kier alpha value is -2.71. The number of rotatable bonds is 6. The maximum absolute atomic E-state index is 13.7. The van der Waals surface area contributed by atoms with Crippen LogP contribution in [0.4, 0.5) is 10.2 Å². The number of nitrogens with zero attached hydrogens (tertiary/aromatic N) is 5. The molecule has 0 spiro atoms. The first-order valence-electron chi connectivity index (χ1n) is 11.3. The molecule has 8 heteroatoms. The first-order chi connectivity index (χ1) is 15.5. The molecule has 3 aromatic rings. The molecule has 2 unspecified atom stereocenters. The summed E-state index contributed by atoms with van der Waals surface area (Å²) in [6.45, 7) is 5.24. The van der Waals surface area contributed by atoms with Gasteiger partial charge >= 0.3 is 0 Å². The van der Waals surface area contributed by atoms with Crippen molar-refractivity contribution in [2.45, 2.75) is 25.4 Å². The van der Waals surface area contributed by atoms with E-state index in [9.17, 15) is 4.39 Å². The zero-order valence-electron chi connectivity index (χ0n) is 18.7. The Labute approximate surface area is 187 Å². The molecule has 2 fully saturated rings. The van der Waals surface area contributed by atoms with Crippen molar-refractivity contribution in [3.63, 3.8) is 0 Å². The van der Waals surface area contributed by atoms with Crippen LogP contribution in [0, 0.1) is 11.7 Å². The second-order valence-corrected chi connectivity index (χ2v) is 9.20. The lowest BCUT2D eigenvalue weighted by Gasteiger charge is -2.46. The summed E-state index contributed by atoms with van der Waals surface area (Å²) in [6, 6.07) is 11.0. The number of hydrogen-bond donors (Lipinski definition) is 0. The van der Waals surface area contributed by atoms with Crippen molar-refractivity contribution in [1.29, 1.82) is 0 Å². The van der Waals surface area contributed by atoms with Crippen LogP contribution in [0.5, 0.6) is 5.88 Å². The normalized spacial score (nSPS) is 21.8. The highest BCUT2D eigenvalue weighted by Gasteiger charge is 2.34. The van der Waals surface area contributed by atoms with Crippen molar-refractivity contribution in [3.8, 4) is 5.88 Å². The van der Waals surface area contributed by atoms with E-state index < -0.39 is 0 Å². The quantitative estimate of drug-likeness (QED) is 0.583. The topological polar surface area (TPSA) is 57.9 Å². The fourth-order valence-corrected chi connectivity index (χ4v) is 4.87. The van der Waals surface area contributed by atoms with Gasteiger partial charge in [-0.2, -0.15) is 0 Å². The van der Waals surface area contributed by atoms with Crippen molar-refractivity contribution in [2.75, 3.05) is 51.8 Å². The van der Waals surface area contributed by atoms with Gasteiger partial charge in [0.25, 0.3) is 0 Å². The van der Waals surface area contributed by atoms with Crippen LogP contribution in [0.15, 0.2) is 40.9 Å². The number of piperazine rings is 1. The Kier molecular flexibility index (Phi) is 5.97. The van der Waals surface area contributed by atoms with Gasteiger partial charge in [-0.1, -0.05) is 11.2 Å². The van der Waals surface area contributed by atoms with Gasteiger partial charge in [-0.05, 0) is 51.2 Å². The van der Waals surface area contributed by atoms with Crippen LogP contribution in [0.2, 0.25) is 0 Å². The Morgan fingerprint density at radius 3 is 2.94 bits per heavy atom. The fraction of sp³-hybridized carbons (Fsp3) is 0.500. The molecule has 4 heterocycles. The Morgan fingerprint density at radius 1 is 1.16 bits per heavy atom. The van der Waals surface area contributed by atoms with E-state index in [1.807, 2.05) is 32.3 Å². The SMILES string of the molecule is CN(C)Cc1cccc(OCC2CCC3CN(c4noc5ccc(F)cc45)CCN3C2)n1. The van der Waals surface area contributed by atoms with Gasteiger partial charge < -0.3 is 19.1 Å². The summed E-state index contributed by atoms with van der Waals surface area (Å²) in [4.78, 5) is 11.5. The van der Waals surface area contributed by atoms with E-state index >= 15 is 0 Å². The minimum absolute atomic E-state index is 0.261. The number of piperidine rings is 1. The third-order valence-electron chi connectivity index (χ3n) is 6.44. The highest BCUT2D eigenvalue weighted by Crippen LogP contribution is 2.31. The summed E-state index contributed by atoms with van der Waals surface area (Å²) in [7, 11) is 4.08. The van der Waals surface area contributed by atoms with Crippen LogP contribution in [-0.4, -0.2) is 72.9 Å². The van der Waals surface area contributed by atoms with E-state index in [4.69, 9.17) is 9.26 Å². The molecule has 170 valence electrons. The maximum Gasteiger partial charge on any atom is 0.213 e. The Morgan fingerprint density at radius 2 is 2.06 bits per heavy atom. The van der Waals surface area contributed by atoms with Gasteiger partial charge in [0.05, 0.1) is 17.7 Å². The average Bonchev–Trinajstić information content (AvgIpc) is 3.20. The number of anilines is 1. The molecule has 2 aliphatic heterocycles. The number of hydrogen-bond acceptors (Lipinski definition) is 7. The minimum atomic E-state index is -0.261. The van der Waals surface area contributed by atoms with Gasteiger partial charge in [0.1, 0.15) is 5.82 Å². The molecule has 2 atom stereocenters. The first kappa shape index (κ1) is 21.2. The van der Waals surface area contributed by atoms with Gasteiger partial charge in [-0.15, -0.1) is 0 Å². The lowest BCUT2D eigenvalue weighted by molar-refractivity contribution is 0.0716. The molecule has 2 aliphatic rings. The lowest BCUT2D eigenvalue weighted by atomic mass is 9.91. The molecule has 0 N–H and O–H groups in total. The number of aromatic nitrogens is 2. The van der Waals surface area contributed by atoms with Crippen LogP contribution in [0.25, 0.3) is 11.0 Å². The molecule has 0 amide bonds. The molecule has 0 saturated carbocycles. The zero-order chi connectivity index (χ0) is 22.1. The van der Waals surface area contributed by atoms with Crippen molar-refractivity contribution in [3.05, 3.63) is 47.9 Å². The van der Waals surface area contributed by atoms with E-state index in [-0.39, 0.29) is 5.82 Å². The van der Waals surface area contributed by atoms with E-state index in [1.165, 1.54) is 12.1 Å². The molecule has 0 radical (unpaired) electrons. The maximum atomic E-state index is 13.7. The molecule has 5 rings (SSSR count). The van der Waals surface area contributed by atoms with Crippen LogP contribution >= 0.6 is 0 Å². The monoisotopic (exact) mass is 439 g/mol. The smallest absolute Gasteiger partial charge is 0.213 e. The van der Waals surface area contributed by atoms with Crippen molar-refractivity contribution in [2.24, 2.45) is 5.92 Å². The van der Waals surface area contributed by atoms with E-state index in [2.05, 4.69) is 24.8 Å². The van der Waals surface area contributed by atoms with Gasteiger partial charge in [0, 0.05) is 50.7 Å². The van der Waals surface area contributed by atoms with Crippen LogP contribution in [0.3, 0.4) is 0 Å². The molecule has 2 saturated heterocycles. The highest BCUT2D eigenvalue weighted by atomic mass is 19.1. The Balaban J connectivity index is 1.17. The third kappa shape index (κ3) is 4.56. The summed E-state index contributed by atoms with van der Waals surface area (Å²) in [5.74, 6) is 1.71. The second-order valence-electron chi connectivity index (χ2n) is 9.20. The predicted octanol–water partition coefficient (Wildman–Crippen LogP) is 3.40. The lowest BCUT2D eigenvalue weighted by Crippen LogP contribution is -2.57. The highest BCUT2D eigenvalue weighted by molar-refractivity contribution is 5.88. The van der Waals surface area contributed by atoms with Gasteiger partial charge in [-0.25, -0.2) is 9.37 Å². The molecule has 7 nitrogen and oxygen atoms in total. The first-order valence-corrected chi connectivity index (χ1v) is 11.3. The number of halogens is 1. The van der Waals surface area contributed by atoms with Crippen molar-refractivity contribution in [1.82, 2.24) is 19.9 Å². The number of benzene rings is 1. The average molecular weight is 440 g/mol. The van der Waals surface area contributed by atoms with Gasteiger partial charge in [-0.3, -0.25) is 4.90 Å². The van der Waals surface area contributed by atoms with Crippen LogP contribution < -0.4 is 9.64 Å². The minimum Gasteiger partial charge on any atom is -0.477 e. The van der Waals surface area contributed by atoms with Crippen molar-refractivity contribution < 1.29 is 13.7 Å². The molecule has 0 bridgehead atoms. The fourth-order valence-electron chi connectivity index (χ4n) is 4.87. The molecule has 2 aromatic heterocycles. The van der Waals surface area contributed by atoms with Crippen LogP contribution in [0.1, 0.15) is 18.5 Å². The predicted molar refractivity (Wildman–Crippen MR) is 121 cm³/mol. The largest absolute Gasteiger partial charge is 0.477 e. The molecule has 1 aromatic carbocycles. The molecule has 0 aliphatic carbocycles. The van der Waals surface area contributed by atoms with Gasteiger partial charge in [0.2, 0.25) is 5.88 Å². The van der Waals surface area contributed by atoms with Crippen LogP contribution in [-0.2, 0) is 6.54 Å². The molecule has 32 heavy (non-hydrogen) atoms. The number of fused-ring (bicyclic) bond motifs is 2. The second kappa shape index (κ2) is 9.03. The van der Waals surface area contributed by atoms with E-state index in [0.717, 1.165) is 62.5 Å². The molecular formula is C24H30FN5O2.